The first kappa shape index (κ1) is 19.3. The van der Waals surface area contributed by atoms with E-state index in [0.717, 1.165) is 6.42 Å². The summed E-state index contributed by atoms with van der Waals surface area (Å²) in [5.41, 5.74) is 0.159. The van der Waals surface area contributed by atoms with E-state index in [9.17, 15) is 9.59 Å². The summed E-state index contributed by atoms with van der Waals surface area (Å²) in [5.74, 6) is -1.04. The van der Waals surface area contributed by atoms with E-state index >= 15 is 0 Å². The predicted molar refractivity (Wildman–Crippen MR) is 82.9 cm³/mol. The molecule has 0 N–H and O–H groups in total. The summed E-state index contributed by atoms with van der Waals surface area (Å²) in [5, 5.41) is 0. The standard InChI is InChI=1S/C11H20O4Si.C4H10/c1-5-9(16(3,4)14-6-2)8-7-10(12)15-11(8)13;1-3-4-2/h8-9H,5-7H2,1-4H3;3-4H2,1-2H3. The molecule has 0 aromatic heterocycles. The lowest BCUT2D eigenvalue weighted by Gasteiger charge is -2.33. The van der Waals surface area contributed by atoms with Crippen LogP contribution in [0, 0.1) is 5.92 Å². The lowest BCUT2D eigenvalue weighted by molar-refractivity contribution is -0.153. The predicted octanol–water partition coefficient (Wildman–Crippen LogP) is 3.90. The fraction of sp³-hybridized carbons (Fsp3) is 0.867. The molecule has 0 saturated carbocycles. The quantitative estimate of drug-likeness (QED) is 0.424. The van der Waals surface area contributed by atoms with Gasteiger partial charge in [-0.2, -0.15) is 0 Å². The molecule has 4 nitrogen and oxygen atoms in total. The number of carbonyl (C=O) groups excluding carboxylic acids is 2. The third kappa shape index (κ3) is 5.75. The monoisotopic (exact) mass is 302 g/mol. The number of carbonyl (C=O) groups is 2. The molecule has 1 heterocycles. The van der Waals surface area contributed by atoms with Crippen molar-refractivity contribution in [3.05, 3.63) is 0 Å². The van der Waals surface area contributed by atoms with Gasteiger partial charge < -0.3 is 9.16 Å². The average Bonchev–Trinajstić information content (AvgIpc) is 2.69. The largest absolute Gasteiger partial charge is 0.417 e. The molecule has 1 aliphatic heterocycles. The number of cyclic esters (lactones) is 2. The normalized spacial score (nSPS) is 20.2. The van der Waals surface area contributed by atoms with Crippen molar-refractivity contribution < 1.29 is 18.8 Å². The fourth-order valence-electron chi connectivity index (χ4n) is 2.54. The Hall–Kier alpha value is -0.683. The zero-order chi connectivity index (χ0) is 15.8. The molecule has 0 amide bonds. The fourth-order valence-corrected chi connectivity index (χ4v) is 5.70. The molecule has 0 aromatic carbocycles. The molecule has 0 radical (unpaired) electrons. The van der Waals surface area contributed by atoms with Crippen molar-refractivity contribution in [2.45, 2.75) is 72.0 Å². The summed E-state index contributed by atoms with van der Waals surface area (Å²) in [6.07, 6.45) is 3.72. The van der Waals surface area contributed by atoms with Gasteiger partial charge in [-0.1, -0.05) is 40.0 Å². The highest BCUT2D eigenvalue weighted by molar-refractivity contribution is 6.73. The van der Waals surface area contributed by atoms with Crippen LogP contribution >= 0.6 is 0 Å². The zero-order valence-corrected chi connectivity index (χ0v) is 14.8. The van der Waals surface area contributed by atoms with Crippen LogP contribution in [0.1, 0.15) is 53.4 Å². The van der Waals surface area contributed by atoms with Gasteiger partial charge in [0.15, 0.2) is 8.32 Å². The van der Waals surface area contributed by atoms with Crippen LogP contribution in [0.3, 0.4) is 0 Å². The topological polar surface area (TPSA) is 52.6 Å². The van der Waals surface area contributed by atoms with Crippen molar-refractivity contribution in [3.63, 3.8) is 0 Å². The van der Waals surface area contributed by atoms with Crippen molar-refractivity contribution in [2.24, 2.45) is 5.92 Å². The molecule has 1 fully saturated rings. The van der Waals surface area contributed by atoms with Gasteiger partial charge >= 0.3 is 11.9 Å². The molecule has 1 rings (SSSR count). The first-order chi connectivity index (χ1) is 9.33. The minimum Gasteiger partial charge on any atom is -0.417 e. The first-order valence-corrected chi connectivity index (χ1v) is 10.7. The zero-order valence-electron chi connectivity index (χ0n) is 13.8. The summed E-state index contributed by atoms with van der Waals surface area (Å²) in [7, 11) is -1.92. The molecule has 1 saturated heterocycles. The van der Waals surface area contributed by atoms with Crippen LogP contribution in [0.15, 0.2) is 0 Å². The second-order valence-electron chi connectivity index (χ2n) is 5.65. The Balaban J connectivity index is 0.000000796. The van der Waals surface area contributed by atoms with E-state index < -0.39 is 14.3 Å². The molecule has 2 unspecified atom stereocenters. The van der Waals surface area contributed by atoms with Gasteiger partial charge in [0.2, 0.25) is 0 Å². The smallest absolute Gasteiger partial charge is 0.317 e. The number of ether oxygens (including phenoxy) is 1. The molecular weight excluding hydrogens is 272 g/mol. The molecule has 0 bridgehead atoms. The van der Waals surface area contributed by atoms with E-state index in [1.807, 2.05) is 13.8 Å². The van der Waals surface area contributed by atoms with Crippen LogP contribution < -0.4 is 0 Å². The second-order valence-corrected chi connectivity index (χ2v) is 9.89. The third-order valence-corrected chi connectivity index (χ3v) is 7.37. The molecule has 5 heteroatoms. The van der Waals surface area contributed by atoms with Crippen molar-refractivity contribution in [1.82, 2.24) is 0 Å². The Morgan fingerprint density at radius 3 is 2.05 bits per heavy atom. The summed E-state index contributed by atoms with van der Waals surface area (Å²) < 4.78 is 10.4. The highest BCUT2D eigenvalue weighted by atomic mass is 28.4. The van der Waals surface area contributed by atoms with E-state index in [1.54, 1.807) is 0 Å². The van der Waals surface area contributed by atoms with Crippen molar-refractivity contribution in [1.29, 1.82) is 0 Å². The Morgan fingerprint density at radius 1 is 1.20 bits per heavy atom. The molecule has 118 valence electrons. The van der Waals surface area contributed by atoms with Gasteiger partial charge in [0.05, 0.1) is 12.3 Å². The number of rotatable bonds is 6. The van der Waals surface area contributed by atoms with Gasteiger partial charge in [0.25, 0.3) is 0 Å². The molecule has 1 aliphatic rings. The number of esters is 2. The van der Waals surface area contributed by atoms with E-state index in [4.69, 9.17) is 4.43 Å². The Bertz CT molecular complexity index is 313. The highest BCUT2D eigenvalue weighted by Crippen LogP contribution is 2.39. The van der Waals surface area contributed by atoms with E-state index in [1.165, 1.54) is 12.8 Å². The van der Waals surface area contributed by atoms with Crippen LogP contribution in [0.4, 0.5) is 0 Å². The SMILES string of the molecule is CCCC.CCO[Si](C)(C)C(CC)C1CC(=O)OC1=O. The van der Waals surface area contributed by atoms with Gasteiger partial charge in [0, 0.05) is 6.61 Å². The molecule has 20 heavy (non-hydrogen) atoms. The van der Waals surface area contributed by atoms with Crippen LogP contribution in [0.5, 0.6) is 0 Å². The first-order valence-electron chi connectivity index (χ1n) is 7.72. The Labute approximate surface area is 124 Å². The number of hydrogen-bond acceptors (Lipinski definition) is 4. The summed E-state index contributed by atoms with van der Waals surface area (Å²) >= 11 is 0. The van der Waals surface area contributed by atoms with Crippen LogP contribution in [-0.4, -0.2) is 26.9 Å². The lowest BCUT2D eigenvalue weighted by Crippen LogP contribution is -2.41. The highest BCUT2D eigenvalue weighted by Gasteiger charge is 2.46. The van der Waals surface area contributed by atoms with Crippen molar-refractivity contribution in [2.75, 3.05) is 6.61 Å². The Morgan fingerprint density at radius 2 is 1.75 bits per heavy atom. The maximum atomic E-state index is 11.6. The lowest BCUT2D eigenvalue weighted by atomic mass is 10.0. The minimum absolute atomic E-state index is 0.159. The van der Waals surface area contributed by atoms with Gasteiger partial charge in [0.1, 0.15) is 0 Å². The minimum atomic E-state index is -1.92. The van der Waals surface area contributed by atoms with Crippen LogP contribution in [-0.2, 0) is 18.8 Å². The number of hydrogen-bond donors (Lipinski definition) is 0. The maximum Gasteiger partial charge on any atom is 0.317 e. The van der Waals surface area contributed by atoms with Crippen LogP contribution in [0.2, 0.25) is 18.6 Å². The molecule has 0 aromatic rings. The number of unbranched alkanes of at least 4 members (excludes halogenated alkanes) is 1. The van der Waals surface area contributed by atoms with Gasteiger partial charge in [-0.05, 0) is 25.6 Å². The molecule has 0 aliphatic carbocycles. The van der Waals surface area contributed by atoms with E-state index in [2.05, 4.69) is 31.7 Å². The molecule has 2 atom stereocenters. The summed E-state index contributed by atoms with van der Waals surface area (Å²) in [6, 6.07) is 0. The summed E-state index contributed by atoms with van der Waals surface area (Å²) in [6.45, 7) is 13.2. The Kier molecular flexibility index (Phi) is 8.97. The van der Waals surface area contributed by atoms with Crippen LogP contribution in [0.25, 0.3) is 0 Å². The maximum absolute atomic E-state index is 11.6. The third-order valence-electron chi connectivity index (χ3n) is 3.74. The van der Waals surface area contributed by atoms with Gasteiger partial charge in [-0.25, -0.2) is 0 Å². The second kappa shape index (κ2) is 9.29. The van der Waals surface area contributed by atoms with Gasteiger partial charge in [-0.15, -0.1) is 0 Å². The van der Waals surface area contributed by atoms with Gasteiger partial charge in [-0.3, -0.25) is 9.59 Å². The summed E-state index contributed by atoms with van der Waals surface area (Å²) in [4.78, 5) is 22.7. The van der Waals surface area contributed by atoms with Crippen molar-refractivity contribution >= 4 is 20.3 Å². The molecule has 0 spiro atoms. The van der Waals surface area contributed by atoms with E-state index in [0.29, 0.717) is 6.61 Å². The molecular formula is C15H30O4Si. The van der Waals surface area contributed by atoms with Crippen molar-refractivity contribution in [3.8, 4) is 0 Å². The average molecular weight is 302 g/mol. The van der Waals surface area contributed by atoms with E-state index in [-0.39, 0.29) is 23.8 Å².